The van der Waals surface area contributed by atoms with Gasteiger partial charge in [0.2, 0.25) is 0 Å². The molecule has 3 N–H and O–H groups in total. The predicted octanol–water partition coefficient (Wildman–Crippen LogP) is 4.91. The Hall–Kier alpha value is -4.37. The Kier molecular flexibility index (Phi) is 7.82. The number of aliphatic hydroxyl groups excluding tert-OH is 1. The number of halogens is 1. The van der Waals surface area contributed by atoms with Crippen molar-refractivity contribution in [3.63, 3.8) is 0 Å². The van der Waals surface area contributed by atoms with Crippen molar-refractivity contribution in [3.8, 4) is 23.0 Å². The highest BCUT2D eigenvalue weighted by Crippen LogP contribution is 2.37. The normalized spacial score (nSPS) is 11.6. The highest BCUT2D eigenvalue weighted by molar-refractivity contribution is 5.90. The molecule has 1 heterocycles. The monoisotopic (exact) mass is 491 g/mol. The van der Waals surface area contributed by atoms with E-state index in [0.29, 0.717) is 34.6 Å². The van der Waals surface area contributed by atoms with E-state index in [0.717, 1.165) is 11.6 Å². The van der Waals surface area contributed by atoms with Crippen molar-refractivity contribution in [1.82, 2.24) is 10.3 Å². The first-order chi connectivity index (χ1) is 17.5. The van der Waals surface area contributed by atoms with E-state index in [1.807, 2.05) is 30.3 Å². The second-order valence-corrected chi connectivity index (χ2v) is 7.95. The van der Waals surface area contributed by atoms with Gasteiger partial charge in [-0.15, -0.1) is 0 Å². The summed E-state index contributed by atoms with van der Waals surface area (Å²) in [5, 5.41) is 15.5. The lowest BCUT2D eigenvalue weighted by Crippen LogP contribution is -2.41. The van der Waals surface area contributed by atoms with Gasteiger partial charge in [0.1, 0.15) is 5.75 Å². The molecule has 8 nitrogen and oxygen atoms in total. The summed E-state index contributed by atoms with van der Waals surface area (Å²) in [6.07, 6.45) is 2.01. The number of rotatable bonds is 9. The molecular formula is C27H26FN3O5. The van der Waals surface area contributed by atoms with Crippen LogP contribution >= 0.6 is 0 Å². The van der Waals surface area contributed by atoms with E-state index in [9.17, 15) is 14.3 Å². The zero-order chi connectivity index (χ0) is 25.5. The standard InChI is InChI=1S/C27H26FN3O5/c1-34-25-14-20-22(15-26(25)35-2)29-11-10-23(20)36-24-9-8-18(13-21(24)28)30-27(33)31-19(16-32)12-17-6-4-3-5-7-17/h3-11,13-15,19,32H,12,16H2,1-2H3,(H2,30,31,33). The third kappa shape index (κ3) is 5.81. The van der Waals surface area contributed by atoms with Crippen LogP contribution in [0.5, 0.6) is 23.0 Å². The number of urea groups is 1. The molecule has 0 spiro atoms. The molecule has 0 saturated heterocycles. The van der Waals surface area contributed by atoms with Crippen molar-refractivity contribution < 1.29 is 28.5 Å². The van der Waals surface area contributed by atoms with Gasteiger partial charge < -0.3 is 30.0 Å². The molecule has 0 saturated carbocycles. The molecule has 1 atom stereocenters. The maximum absolute atomic E-state index is 14.9. The van der Waals surface area contributed by atoms with Gasteiger partial charge in [0.15, 0.2) is 23.1 Å². The second kappa shape index (κ2) is 11.4. The molecule has 0 bridgehead atoms. The van der Waals surface area contributed by atoms with Crippen molar-refractivity contribution in [2.75, 3.05) is 26.1 Å². The quantitative estimate of drug-likeness (QED) is 0.308. The molecule has 2 amide bonds. The number of pyridine rings is 1. The molecule has 0 aliphatic carbocycles. The highest BCUT2D eigenvalue weighted by atomic mass is 19.1. The minimum Gasteiger partial charge on any atom is -0.493 e. The van der Waals surface area contributed by atoms with Gasteiger partial charge in [-0.1, -0.05) is 30.3 Å². The molecule has 9 heteroatoms. The molecule has 0 aliphatic rings. The molecule has 0 radical (unpaired) electrons. The summed E-state index contributed by atoms with van der Waals surface area (Å²) in [5.41, 5.74) is 1.80. The van der Waals surface area contributed by atoms with Crippen molar-refractivity contribution in [1.29, 1.82) is 0 Å². The number of anilines is 1. The summed E-state index contributed by atoms with van der Waals surface area (Å²) < 4.78 is 31.4. The molecule has 1 aromatic heterocycles. The fourth-order valence-electron chi connectivity index (χ4n) is 3.73. The van der Waals surface area contributed by atoms with Gasteiger partial charge in [0, 0.05) is 29.4 Å². The average Bonchev–Trinajstić information content (AvgIpc) is 2.89. The van der Waals surface area contributed by atoms with E-state index in [2.05, 4.69) is 15.6 Å². The minimum atomic E-state index is -0.666. The molecule has 3 aromatic carbocycles. The first-order valence-corrected chi connectivity index (χ1v) is 11.2. The van der Waals surface area contributed by atoms with E-state index in [4.69, 9.17) is 14.2 Å². The number of amides is 2. The van der Waals surface area contributed by atoms with Gasteiger partial charge in [-0.2, -0.15) is 0 Å². The number of benzene rings is 3. The molecule has 36 heavy (non-hydrogen) atoms. The average molecular weight is 492 g/mol. The number of aromatic nitrogens is 1. The van der Waals surface area contributed by atoms with Gasteiger partial charge in [-0.25, -0.2) is 9.18 Å². The molecule has 4 rings (SSSR count). The van der Waals surface area contributed by atoms with Gasteiger partial charge in [-0.3, -0.25) is 4.98 Å². The van der Waals surface area contributed by atoms with E-state index in [1.165, 1.54) is 26.4 Å². The Labute approximate surface area is 207 Å². The number of hydrogen-bond acceptors (Lipinski definition) is 6. The van der Waals surface area contributed by atoms with Crippen LogP contribution < -0.4 is 24.8 Å². The first kappa shape index (κ1) is 24.7. The van der Waals surface area contributed by atoms with Crippen LogP contribution in [0.2, 0.25) is 0 Å². The fraction of sp³-hybridized carbons (Fsp3) is 0.185. The number of fused-ring (bicyclic) bond motifs is 1. The third-order valence-electron chi connectivity index (χ3n) is 5.50. The van der Waals surface area contributed by atoms with Crippen LogP contribution in [-0.2, 0) is 6.42 Å². The molecule has 1 unspecified atom stereocenters. The summed E-state index contributed by atoms with van der Waals surface area (Å²) in [6.45, 7) is -0.236. The van der Waals surface area contributed by atoms with Crippen LogP contribution in [0.15, 0.2) is 72.9 Å². The molecule has 0 fully saturated rings. The summed E-state index contributed by atoms with van der Waals surface area (Å²) in [7, 11) is 3.05. The van der Waals surface area contributed by atoms with Gasteiger partial charge in [0.05, 0.1) is 32.4 Å². The number of aliphatic hydroxyl groups is 1. The van der Waals surface area contributed by atoms with Crippen LogP contribution in [0.3, 0.4) is 0 Å². The minimum absolute atomic E-state index is 0.0273. The Morgan fingerprint density at radius 1 is 0.972 bits per heavy atom. The predicted molar refractivity (Wildman–Crippen MR) is 134 cm³/mol. The SMILES string of the molecule is COc1cc2nccc(Oc3ccc(NC(=O)NC(CO)Cc4ccccc4)cc3F)c2cc1OC. The van der Waals surface area contributed by atoms with E-state index >= 15 is 0 Å². The number of methoxy groups -OCH3 is 2. The number of nitrogens with one attached hydrogen (secondary N) is 2. The number of nitrogens with zero attached hydrogens (tertiary/aromatic N) is 1. The lowest BCUT2D eigenvalue weighted by atomic mass is 10.1. The van der Waals surface area contributed by atoms with Crippen molar-refractivity contribution in [2.45, 2.75) is 12.5 Å². The second-order valence-electron chi connectivity index (χ2n) is 7.95. The Bertz CT molecular complexity index is 1350. The lowest BCUT2D eigenvalue weighted by Gasteiger charge is -2.17. The topological polar surface area (TPSA) is 102 Å². The van der Waals surface area contributed by atoms with Crippen LogP contribution in [0, 0.1) is 5.82 Å². The van der Waals surface area contributed by atoms with Crippen LogP contribution in [-0.4, -0.2) is 43.0 Å². The largest absolute Gasteiger partial charge is 0.493 e. The smallest absolute Gasteiger partial charge is 0.319 e. The van der Waals surface area contributed by atoms with Crippen molar-refractivity contribution >= 4 is 22.6 Å². The Morgan fingerprint density at radius 2 is 1.72 bits per heavy atom. The number of ether oxygens (including phenoxy) is 3. The van der Waals surface area contributed by atoms with E-state index < -0.39 is 17.9 Å². The van der Waals surface area contributed by atoms with Gasteiger partial charge >= 0.3 is 6.03 Å². The molecule has 4 aromatic rings. The Balaban J connectivity index is 1.46. The maximum atomic E-state index is 14.9. The van der Waals surface area contributed by atoms with Crippen molar-refractivity contribution in [2.24, 2.45) is 0 Å². The van der Waals surface area contributed by atoms with E-state index in [-0.39, 0.29) is 18.0 Å². The third-order valence-corrected chi connectivity index (χ3v) is 5.50. The number of hydrogen-bond donors (Lipinski definition) is 3. The zero-order valence-corrected chi connectivity index (χ0v) is 19.8. The van der Waals surface area contributed by atoms with Crippen molar-refractivity contribution in [3.05, 3.63) is 84.3 Å². The van der Waals surface area contributed by atoms with Crippen LogP contribution in [0.1, 0.15) is 5.56 Å². The molecular weight excluding hydrogens is 465 g/mol. The maximum Gasteiger partial charge on any atom is 0.319 e. The molecule has 186 valence electrons. The van der Waals surface area contributed by atoms with Crippen LogP contribution in [0.4, 0.5) is 14.9 Å². The lowest BCUT2D eigenvalue weighted by molar-refractivity contribution is 0.224. The van der Waals surface area contributed by atoms with Gasteiger partial charge in [0.25, 0.3) is 0 Å². The summed E-state index contributed by atoms with van der Waals surface area (Å²) in [6, 6.07) is 17.6. The number of carbonyl (C=O) groups is 1. The zero-order valence-electron chi connectivity index (χ0n) is 19.8. The summed E-state index contributed by atoms with van der Waals surface area (Å²) >= 11 is 0. The molecule has 0 aliphatic heterocycles. The number of carbonyl (C=O) groups excluding carboxylic acids is 1. The Morgan fingerprint density at radius 3 is 2.42 bits per heavy atom. The summed E-state index contributed by atoms with van der Waals surface area (Å²) in [5.74, 6) is 0.691. The fourth-order valence-corrected chi connectivity index (χ4v) is 3.73. The van der Waals surface area contributed by atoms with Gasteiger partial charge in [-0.05, 0) is 36.2 Å². The van der Waals surface area contributed by atoms with E-state index in [1.54, 1.807) is 24.4 Å². The summed E-state index contributed by atoms with van der Waals surface area (Å²) in [4.78, 5) is 16.7. The highest BCUT2D eigenvalue weighted by Gasteiger charge is 2.15. The first-order valence-electron chi connectivity index (χ1n) is 11.2. The van der Waals surface area contributed by atoms with Crippen LogP contribution in [0.25, 0.3) is 10.9 Å².